The molecule has 2 nitrogen and oxygen atoms in total. The zero-order valence-corrected chi connectivity index (χ0v) is 7.21. The Morgan fingerprint density at radius 3 is 2.40 bits per heavy atom. The highest BCUT2D eigenvalue weighted by molar-refractivity contribution is 8.21. The number of rotatable bonds is 1. The molecule has 0 atom stereocenters. The number of carbonyl (C=O) groups excluding carboxylic acids is 1. The lowest BCUT2D eigenvalue weighted by Crippen LogP contribution is -2.19. The smallest absolute Gasteiger partial charge is 0.245 e. The Labute approximate surface area is 68.7 Å². The number of thioether (sulfide) groups is 2. The number of hydrogen-bond donors (Lipinski definition) is 0. The van der Waals surface area contributed by atoms with Gasteiger partial charge in [-0.25, -0.2) is 0 Å². The summed E-state index contributed by atoms with van der Waals surface area (Å²) in [5, 5.41) is 0. The molecule has 0 aromatic heterocycles. The molecular weight excluding hydrogens is 166 g/mol. The van der Waals surface area contributed by atoms with Crippen LogP contribution < -0.4 is 0 Å². The van der Waals surface area contributed by atoms with E-state index in [2.05, 4.69) is 0 Å². The third-order valence-corrected chi connectivity index (χ3v) is 4.55. The van der Waals surface area contributed by atoms with Gasteiger partial charge in [-0.1, -0.05) is 0 Å². The van der Waals surface area contributed by atoms with Crippen LogP contribution in [0.15, 0.2) is 0 Å². The number of hydrogen-bond acceptors (Lipinski definition) is 3. The van der Waals surface area contributed by atoms with Crippen molar-refractivity contribution < 1.29 is 4.79 Å². The summed E-state index contributed by atoms with van der Waals surface area (Å²) in [5.41, 5.74) is 0. The van der Waals surface area contributed by atoms with Crippen molar-refractivity contribution in [2.45, 2.75) is 4.58 Å². The summed E-state index contributed by atoms with van der Waals surface area (Å²) < 4.78 is 0.238. The van der Waals surface area contributed by atoms with Crippen LogP contribution in [0.1, 0.15) is 0 Å². The molecule has 0 aliphatic carbocycles. The first kappa shape index (κ1) is 6.85. The SMILES string of the molecule is O=C(C1SCCS1)N1CC1. The zero-order valence-electron chi connectivity index (χ0n) is 5.58. The molecule has 0 aromatic carbocycles. The maximum absolute atomic E-state index is 11.3. The molecular formula is C6H9NOS2. The molecule has 0 N–H and O–H groups in total. The van der Waals surface area contributed by atoms with E-state index in [4.69, 9.17) is 0 Å². The Morgan fingerprint density at radius 1 is 1.30 bits per heavy atom. The van der Waals surface area contributed by atoms with E-state index >= 15 is 0 Å². The second-order valence-electron chi connectivity index (χ2n) is 2.40. The van der Waals surface area contributed by atoms with Crippen molar-refractivity contribution in [3.63, 3.8) is 0 Å². The molecule has 0 bridgehead atoms. The van der Waals surface area contributed by atoms with Crippen LogP contribution in [-0.4, -0.2) is 40.0 Å². The third kappa shape index (κ3) is 1.27. The molecule has 0 saturated carbocycles. The van der Waals surface area contributed by atoms with E-state index in [-0.39, 0.29) is 4.58 Å². The van der Waals surface area contributed by atoms with E-state index in [1.807, 2.05) is 4.90 Å². The van der Waals surface area contributed by atoms with Crippen LogP contribution in [-0.2, 0) is 4.79 Å². The highest BCUT2D eigenvalue weighted by Crippen LogP contribution is 2.34. The Morgan fingerprint density at radius 2 is 1.90 bits per heavy atom. The number of carbonyl (C=O) groups is 1. The van der Waals surface area contributed by atoms with Crippen molar-refractivity contribution in [3.8, 4) is 0 Å². The van der Waals surface area contributed by atoms with E-state index in [9.17, 15) is 4.79 Å². The molecule has 56 valence electrons. The molecule has 2 aliphatic heterocycles. The van der Waals surface area contributed by atoms with Crippen LogP contribution >= 0.6 is 23.5 Å². The molecule has 2 aliphatic rings. The Hall–Kier alpha value is 0.170. The van der Waals surface area contributed by atoms with Gasteiger partial charge < -0.3 is 4.90 Å². The predicted molar refractivity (Wildman–Crippen MR) is 45.3 cm³/mol. The molecule has 2 saturated heterocycles. The van der Waals surface area contributed by atoms with Gasteiger partial charge in [-0.2, -0.15) is 0 Å². The minimum atomic E-state index is 0.238. The van der Waals surface area contributed by atoms with Gasteiger partial charge in [0.15, 0.2) is 0 Å². The highest BCUT2D eigenvalue weighted by atomic mass is 32.2. The van der Waals surface area contributed by atoms with E-state index in [1.165, 1.54) is 0 Å². The second-order valence-corrected chi connectivity index (χ2v) is 5.12. The molecule has 2 rings (SSSR count). The lowest BCUT2D eigenvalue weighted by molar-refractivity contribution is -0.123. The summed E-state index contributed by atoms with van der Waals surface area (Å²) in [5.74, 6) is 2.65. The lowest BCUT2D eigenvalue weighted by atomic mass is 10.7. The molecule has 0 spiro atoms. The Kier molecular flexibility index (Phi) is 1.82. The quantitative estimate of drug-likeness (QED) is 0.545. The summed E-state index contributed by atoms with van der Waals surface area (Å²) >= 11 is 3.58. The van der Waals surface area contributed by atoms with Crippen LogP contribution in [0.4, 0.5) is 0 Å². The maximum atomic E-state index is 11.3. The van der Waals surface area contributed by atoms with Gasteiger partial charge in [0.1, 0.15) is 4.58 Å². The van der Waals surface area contributed by atoms with Gasteiger partial charge in [0, 0.05) is 24.6 Å². The van der Waals surface area contributed by atoms with Gasteiger partial charge >= 0.3 is 0 Å². The average Bonchev–Trinajstić information content (AvgIpc) is 2.65. The van der Waals surface area contributed by atoms with E-state index < -0.39 is 0 Å². The normalized spacial score (nSPS) is 25.4. The number of amides is 1. The fraction of sp³-hybridized carbons (Fsp3) is 0.833. The summed E-state index contributed by atoms with van der Waals surface area (Å²) in [6.07, 6.45) is 0. The van der Waals surface area contributed by atoms with Gasteiger partial charge in [0.05, 0.1) is 0 Å². The minimum absolute atomic E-state index is 0.238. The van der Waals surface area contributed by atoms with Crippen molar-refractivity contribution in [3.05, 3.63) is 0 Å². The molecule has 0 unspecified atom stereocenters. The van der Waals surface area contributed by atoms with Crippen LogP contribution in [0, 0.1) is 0 Å². The van der Waals surface area contributed by atoms with Gasteiger partial charge in [0.2, 0.25) is 5.91 Å². The van der Waals surface area contributed by atoms with Gasteiger partial charge in [-0.05, 0) is 0 Å². The average molecular weight is 175 g/mol. The minimum Gasteiger partial charge on any atom is -0.337 e. The van der Waals surface area contributed by atoms with Gasteiger partial charge in [-0.3, -0.25) is 4.79 Å². The van der Waals surface area contributed by atoms with Crippen LogP contribution in [0.25, 0.3) is 0 Å². The maximum Gasteiger partial charge on any atom is 0.245 e. The summed E-state index contributed by atoms with van der Waals surface area (Å²) in [7, 11) is 0. The fourth-order valence-corrected chi connectivity index (χ4v) is 3.66. The molecule has 0 radical (unpaired) electrons. The lowest BCUT2D eigenvalue weighted by Gasteiger charge is -2.05. The van der Waals surface area contributed by atoms with Gasteiger partial charge in [0.25, 0.3) is 0 Å². The molecule has 1 amide bonds. The summed E-state index contributed by atoms with van der Waals surface area (Å²) in [6, 6.07) is 0. The first-order chi connectivity index (χ1) is 4.88. The van der Waals surface area contributed by atoms with E-state index in [0.717, 1.165) is 24.6 Å². The van der Waals surface area contributed by atoms with Crippen LogP contribution in [0.5, 0.6) is 0 Å². The van der Waals surface area contributed by atoms with Crippen LogP contribution in [0.2, 0.25) is 0 Å². The van der Waals surface area contributed by atoms with Crippen LogP contribution in [0.3, 0.4) is 0 Å². The Bertz CT molecular complexity index is 152. The number of nitrogens with zero attached hydrogens (tertiary/aromatic N) is 1. The van der Waals surface area contributed by atoms with E-state index in [0.29, 0.717) is 5.91 Å². The first-order valence-electron chi connectivity index (χ1n) is 3.40. The molecule has 10 heavy (non-hydrogen) atoms. The Balaban J connectivity index is 1.90. The van der Waals surface area contributed by atoms with Gasteiger partial charge in [-0.15, -0.1) is 23.5 Å². The predicted octanol–water partition coefficient (Wildman–Crippen LogP) is 0.635. The largest absolute Gasteiger partial charge is 0.337 e. The monoisotopic (exact) mass is 175 g/mol. The highest BCUT2D eigenvalue weighted by Gasteiger charge is 2.33. The summed E-state index contributed by atoms with van der Waals surface area (Å²) in [4.78, 5) is 13.2. The molecule has 0 aromatic rings. The molecule has 2 fully saturated rings. The standard InChI is InChI=1S/C6H9NOS2/c8-5(7-1-2-7)6-9-3-4-10-6/h6H,1-4H2. The van der Waals surface area contributed by atoms with Crippen molar-refractivity contribution in [2.24, 2.45) is 0 Å². The van der Waals surface area contributed by atoms with E-state index in [1.54, 1.807) is 23.5 Å². The fourth-order valence-electron chi connectivity index (χ4n) is 0.920. The molecule has 2 heterocycles. The van der Waals surface area contributed by atoms with Crippen molar-refractivity contribution >= 4 is 29.4 Å². The van der Waals surface area contributed by atoms with Crippen molar-refractivity contribution in [1.82, 2.24) is 4.90 Å². The third-order valence-electron chi connectivity index (χ3n) is 1.58. The zero-order chi connectivity index (χ0) is 6.97. The van der Waals surface area contributed by atoms with Crippen molar-refractivity contribution in [2.75, 3.05) is 24.6 Å². The second kappa shape index (κ2) is 2.66. The first-order valence-corrected chi connectivity index (χ1v) is 5.50. The summed E-state index contributed by atoms with van der Waals surface area (Å²) in [6.45, 7) is 1.99. The topological polar surface area (TPSA) is 20.1 Å². The molecule has 4 heteroatoms. The van der Waals surface area contributed by atoms with Crippen molar-refractivity contribution in [1.29, 1.82) is 0 Å².